The average molecular weight is 551 g/mol. The Morgan fingerprint density at radius 3 is 2.47 bits per heavy atom. The second-order valence-corrected chi connectivity index (χ2v) is 7.72. The Morgan fingerprint density at radius 2 is 1.80 bits per heavy atom. The molecule has 0 radical (unpaired) electrons. The summed E-state index contributed by atoms with van der Waals surface area (Å²) in [5.41, 5.74) is 0.548. The third-order valence-corrected chi connectivity index (χ3v) is 5.33. The molecule has 9 nitrogen and oxygen atoms in total. The highest BCUT2D eigenvalue weighted by Gasteiger charge is 2.17. The smallest absolute Gasteiger partial charge is 0.270 e. The van der Waals surface area contributed by atoms with Crippen LogP contribution in [0.5, 0.6) is 0 Å². The normalized spacial score (nSPS) is 11.5. The second-order valence-electron chi connectivity index (χ2n) is 5.96. The summed E-state index contributed by atoms with van der Waals surface area (Å²) in [7, 11) is -2.29. The number of nitrogens with zero attached hydrogens (tertiary/aromatic N) is 2. The molecule has 0 atom stereocenters. The lowest BCUT2D eigenvalue weighted by molar-refractivity contribution is -0.385. The molecule has 12 heteroatoms. The molecular formula is C18H23FIN5O4S. The van der Waals surface area contributed by atoms with E-state index in [0.29, 0.717) is 18.9 Å². The number of sulfonamides is 1. The van der Waals surface area contributed by atoms with Gasteiger partial charge in [-0.25, -0.2) is 17.5 Å². The van der Waals surface area contributed by atoms with Gasteiger partial charge >= 0.3 is 0 Å². The quantitative estimate of drug-likeness (QED) is 0.109. The standard InChI is InChI=1S/C18H22FN5O4S.HI/c1-20-18(21-9-8-14-4-2-5-15(19)12-14)22-10-11-23-29(27,28)17-7-3-6-16(13-17)24(25)26;/h2-7,12-13,23H,8-11H2,1H3,(H2,20,21,22);1H. The number of rotatable bonds is 9. The number of halogens is 2. The van der Waals surface area contributed by atoms with Gasteiger partial charge in [-0.1, -0.05) is 18.2 Å². The minimum absolute atomic E-state index is 0. The van der Waals surface area contributed by atoms with E-state index in [2.05, 4.69) is 20.3 Å². The Kier molecular flexibility index (Phi) is 10.6. The first-order valence-corrected chi connectivity index (χ1v) is 10.2. The molecule has 0 amide bonds. The van der Waals surface area contributed by atoms with E-state index in [1.54, 1.807) is 13.1 Å². The third kappa shape index (κ3) is 8.20. The Labute approximate surface area is 191 Å². The zero-order valence-corrected chi connectivity index (χ0v) is 19.3. The van der Waals surface area contributed by atoms with Crippen molar-refractivity contribution in [3.8, 4) is 0 Å². The molecular weight excluding hydrogens is 528 g/mol. The average Bonchev–Trinajstić information content (AvgIpc) is 2.70. The molecule has 0 saturated heterocycles. The number of nitro benzene ring substituents is 1. The van der Waals surface area contributed by atoms with Crippen LogP contribution in [0.1, 0.15) is 5.56 Å². The first-order valence-electron chi connectivity index (χ1n) is 8.75. The van der Waals surface area contributed by atoms with Gasteiger partial charge in [0, 0.05) is 38.8 Å². The first kappa shape index (κ1) is 25.7. The lowest BCUT2D eigenvalue weighted by Crippen LogP contribution is -2.42. The lowest BCUT2D eigenvalue weighted by Gasteiger charge is -2.12. The zero-order valence-electron chi connectivity index (χ0n) is 16.2. The highest BCUT2D eigenvalue weighted by atomic mass is 127. The van der Waals surface area contributed by atoms with Gasteiger partial charge in [-0.3, -0.25) is 15.1 Å². The van der Waals surface area contributed by atoms with Crippen LogP contribution in [-0.2, 0) is 16.4 Å². The lowest BCUT2D eigenvalue weighted by atomic mass is 10.1. The Morgan fingerprint density at radius 1 is 1.10 bits per heavy atom. The van der Waals surface area contributed by atoms with Crippen molar-refractivity contribution in [2.45, 2.75) is 11.3 Å². The van der Waals surface area contributed by atoms with Crippen molar-refractivity contribution in [1.82, 2.24) is 15.4 Å². The number of aliphatic imine (C=N–C) groups is 1. The van der Waals surface area contributed by atoms with Gasteiger partial charge in [0.15, 0.2) is 5.96 Å². The summed E-state index contributed by atoms with van der Waals surface area (Å²) < 4.78 is 40.0. The largest absolute Gasteiger partial charge is 0.356 e. The SMILES string of the molecule is CN=C(NCCNS(=O)(=O)c1cccc([N+](=O)[O-])c1)NCCc1cccc(F)c1.I. The van der Waals surface area contributed by atoms with Crippen LogP contribution in [0.4, 0.5) is 10.1 Å². The molecule has 3 N–H and O–H groups in total. The van der Waals surface area contributed by atoms with Gasteiger partial charge in [0.25, 0.3) is 5.69 Å². The van der Waals surface area contributed by atoms with Gasteiger partial charge in [0.2, 0.25) is 10.0 Å². The highest BCUT2D eigenvalue weighted by Crippen LogP contribution is 2.16. The van der Waals surface area contributed by atoms with Crippen molar-refractivity contribution in [3.05, 3.63) is 70.0 Å². The zero-order chi connectivity index (χ0) is 21.3. The Hall–Kier alpha value is -2.32. The minimum Gasteiger partial charge on any atom is -0.356 e. The molecule has 0 fully saturated rings. The second kappa shape index (κ2) is 12.4. The van der Waals surface area contributed by atoms with Crippen molar-refractivity contribution in [1.29, 1.82) is 0 Å². The van der Waals surface area contributed by atoms with Gasteiger partial charge in [-0.2, -0.15) is 0 Å². The predicted octanol–water partition coefficient (Wildman–Crippen LogP) is 2.04. The number of nitrogens with one attached hydrogen (secondary N) is 3. The molecule has 0 saturated carbocycles. The maximum atomic E-state index is 13.2. The fourth-order valence-corrected chi connectivity index (χ4v) is 3.52. The first-order chi connectivity index (χ1) is 13.8. The van der Waals surface area contributed by atoms with E-state index >= 15 is 0 Å². The van der Waals surface area contributed by atoms with Gasteiger partial charge in [-0.15, -0.1) is 24.0 Å². The fourth-order valence-electron chi connectivity index (χ4n) is 2.45. The molecule has 0 heterocycles. The monoisotopic (exact) mass is 551 g/mol. The minimum atomic E-state index is -3.87. The van der Waals surface area contributed by atoms with Crippen LogP contribution in [-0.4, -0.2) is 46.0 Å². The molecule has 0 aromatic heterocycles. The van der Waals surface area contributed by atoms with E-state index in [9.17, 15) is 22.9 Å². The number of hydrogen-bond acceptors (Lipinski definition) is 5. The van der Waals surface area contributed by atoms with Crippen LogP contribution in [0, 0.1) is 15.9 Å². The van der Waals surface area contributed by atoms with Crippen LogP contribution in [0.25, 0.3) is 0 Å². The predicted molar refractivity (Wildman–Crippen MR) is 123 cm³/mol. The van der Waals surface area contributed by atoms with Crippen molar-refractivity contribution < 1.29 is 17.7 Å². The number of guanidine groups is 1. The molecule has 30 heavy (non-hydrogen) atoms. The number of non-ortho nitro benzene ring substituents is 1. The van der Waals surface area contributed by atoms with E-state index < -0.39 is 14.9 Å². The summed E-state index contributed by atoms with van der Waals surface area (Å²) in [6.45, 7) is 0.811. The van der Waals surface area contributed by atoms with Gasteiger partial charge in [0.1, 0.15) is 5.82 Å². The van der Waals surface area contributed by atoms with Crippen LogP contribution < -0.4 is 15.4 Å². The molecule has 0 aliphatic rings. The van der Waals surface area contributed by atoms with E-state index in [1.165, 1.54) is 30.3 Å². The topological polar surface area (TPSA) is 126 Å². The van der Waals surface area contributed by atoms with E-state index in [0.717, 1.165) is 11.6 Å². The number of nitro groups is 1. The highest BCUT2D eigenvalue weighted by molar-refractivity contribution is 14.0. The van der Waals surface area contributed by atoms with E-state index in [4.69, 9.17) is 0 Å². The van der Waals surface area contributed by atoms with Crippen molar-refractivity contribution >= 4 is 45.6 Å². The molecule has 2 aromatic rings. The Balaban J connectivity index is 0.00000450. The van der Waals surface area contributed by atoms with Crippen LogP contribution in [0.15, 0.2) is 58.4 Å². The van der Waals surface area contributed by atoms with Crippen LogP contribution in [0.3, 0.4) is 0 Å². The van der Waals surface area contributed by atoms with Crippen LogP contribution >= 0.6 is 24.0 Å². The molecule has 2 rings (SSSR count). The maximum Gasteiger partial charge on any atom is 0.270 e. The van der Waals surface area contributed by atoms with Gasteiger partial charge < -0.3 is 10.6 Å². The summed E-state index contributed by atoms with van der Waals surface area (Å²) in [4.78, 5) is 14.0. The summed E-state index contributed by atoms with van der Waals surface area (Å²) in [6, 6.07) is 11.1. The molecule has 0 aliphatic carbocycles. The summed E-state index contributed by atoms with van der Waals surface area (Å²) in [5, 5.41) is 16.8. The molecule has 0 spiro atoms. The summed E-state index contributed by atoms with van der Waals surface area (Å²) >= 11 is 0. The van der Waals surface area contributed by atoms with E-state index in [-0.39, 0.29) is 53.5 Å². The molecule has 164 valence electrons. The van der Waals surface area contributed by atoms with Crippen molar-refractivity contribution in [3.63, 3.8) is 0 Å². The molecule has 0 unspecified atom stereocenters. The van der Waals surface area contributed by atoms with Gasteiger partial charge in [-0.05, 0) is 30.2 Å². The molecule has 2 aromatic carbocycles. The number of benzene rings is 2. The van der Waals surface area contributed by atoms with Crippen molar-refractivity contribution in [2.24, 2.45) is 4.99 Å². The molecule has 0 bridgehead atoms. The summed E-state index contributed by atoms with van der Waals surface area (Å²) in [5.74, 6) is 0.178. The Bertz CT molecular complexity index is 988. The van der Waals surface area contributed by atoms with Crippen LogP contribution in [0.2, 0.25) is 0 Å². The van der Waals surface area contributed by atoms with E-state index in [1.807, 2.05) is 6.07 Å². The maximum absolute atomic E-state index is 13.2. The number of hydrogen-bond donors (Lipinski definition) is 3. The van der Waals surface area contributed by atoms with Crippen molar-refractivity contribution in [2.75, 3.05) is 26.7 Å². The van der Waals surface area contributed by atoms with Gasteiger partial charge in [0.05, 0.1) is 9.82 Å². The fraction of sp³-hybridized carbons (Fsp3) is 0.278. The third-order valence-electron chi connectivity index (χ3n) is 3.87. The summed E-state index contributed by atoms with van der Waals surface area (Å²) in [6.07, 6.45) is 0.595. The molecule has 0 aliphatic heterocycles.